The Hall–Kier alpha value is -1.37. The van der Waals surface area contributed by atoms with Gasteiger partial charge in [0.2, 0.25) is 0 Å². The first kappa shape index (κ1) is 15.0. The van der Waals surface area contributed by atoms with Gasteiger partial charge in [-0.1, -0.05) is 44.0 Å². The highest BCUT2D eigenvalue weighted by Crippen LogP contribution is 2.36. The van der Waals surface area contributed by atoms with Gasteiger partial charge in [0.05, 0.1) is 0 Å². The van der Waals surface area contributed by atoms with Crippen LogP contribution in [0.3, 0.4) is 0 Å². The van der Waals surface area contributed by atoms with E-state index in [-0.39, 0.29) is 0 Å². The average Bonchev–Trinajstić information content (AvgIpc) is 2.46. The number of hydrogen-bond donors (Lipinski definition) is 0. The average molecular weight is 270 g/mol. The van der Waals surface area contributed by atoms with Crippen molar-refractivity contribution in [1.82, 2.24) is 0 Å². The molecule has 0 atom stereocenters. The minimum absolute atomic E-state index is 0.362. The fourth-order valence-electron chi connectivity index (χ4n) is 3.40. The lowest BCUT2D eigenvalue weighted by Crippen LogP contribution is -2.14. The Labute approximate surface area is 123 Å². The van der Waals surface area contributed by atoms with E-state index in [0.717, 1.165) is 44.1 Å². The van der Waals surface area contributed by atoms with E-state index in [4.69, 9.17) is 0 Å². The predicted molar refractivity (Wildman–Crippen MR) is 86.0 cm³/mol. The highest BCUT2D eigenvalue weighted by Gasteiger charge is 2.24. The molecular weight excluding hydrogens is 244 g/mol. The molecule has 1 aromatic carbocycles. The van der Waals surface area contributed by atoms with Crippen molar-refractivity contribution in [3.63, 3.8) is 0 Å². The Kier molecular flexibility index (Phi) is 4.80. The maximum absolute atomic E-state index is 12.5. The molecular formula is C19H26O. The van der Waals surface area contributed by atoms with E-state index in [1.54, 1.807) is 0 Å². The van der Waals surface area contributed by atoms with Crippen molar-refractivity contribution in [1.29, 1.82) is 0 Å². The smallest absolute Gasteiger partial charge is 0.163 e. The van der Waals surface area contributed by atoms with Gasteiger partial charge in [-0.3, -0.25) is 4.79 Å². The van der Waals surface area contributed by atoms with Crippen LogP contribution >= 0.6 is 0 Å². The molecule has 0 amide bonds. The molecule has 1 heteroatoms. The van der Waals surface area contributed by atoms with Gasteiger partial charge in [-0.25, -0.2) is 0 Å². The van der Waals surface area contributed by atoms with Crippen LogP contribution in [0, 0.1) is 6.92 Å². The summed E-state index contributed by atoms with van der Waals surface area (Å²) in [5.74, 6) is 0.362. The van der Waals surface area contributed by atoms with Crippen molar-refractivity contribution in [3.8, 4) is 0 Å². The van der Waals surface area contributed by atoms with Crippen molar-refractivity contribution in [2.24, 2.45) is 0 Å². The molecule has 1 aromatic rings. The Morgan fingerprint density at radius 1 is 0.950 bits per heavy atom. The van der Waals surface area contributed by atoms with E-state index < -0.39 is 0 Å². The molecule has 20 heavy (non-hydrogen) atoms. The first-order valence-corrected chi connectivity index (χ1v) is 8.00. The van der Waals surface area contributed by atoms with Gasteiger partial charge in [-0.15, -0.1) is 0 Å². The number of allylic oxidation sites excluding steroid dienone is 2. The SMILES string of the molecule is CCC1=C(c2c(CC)cc(C)cc2CC)C(=O)CCC1. The highest BCUT2D eigenvalue weighted by molar-refractivity contribution is 6.23. The van der Waals surface area contributed by atoms with E-state index in [1.807, 2.05) is 0 Å². The first-order valence-electron chi connectivity index (χ1n) is 8.00. The van der Waals surface area contributed by atoms with Crippen molar-refractivity contribution in [2.45, 2.75) is 66.2 Å². The van der Waals surface area contributed by atoms with Gasteiger partial charge < -0.3 is 0 Å². The van der Waals surface area contributed by atoms with Gasteiger partial charge in [-0.05, 0) is 55.7 Å². The molecule has 0 radical (unpaired) electrons. The molecule has 2 rings (SSSR count). The Morgan fingerprint density at radius 2 is 1.55 bits per heavy atom. The molecule has 0 saturated heterocycles. The van der Waals surface area contributed by atoms with Crippen molar-refractivity contribution in [2.75, 3.05) is 0 Å². The monoisotopic (exact) mass is 270 g/mol. The Balaban J connectivity index is 2.72. The van der Waals surface area contributed by atoms with Crippen LogP contribution < -0.4 is 0 Å². The zero-order valence-electron chi connectivity index (χ0n) is 13.3. The molecule has 1 nitrogen and oxygen atoms in total. The lowest BCUT2D eigenvalue weighted by Gasteiger charge is -2.23. The number of benzene rings is 1. The third kappa shape index (κ3) is 2.72. The van der Waals surface area contributed by atoms with Crippen LogP contribution in [0.15, 0.2) is 17.7 Å². The maximum Gasteiger partial charge on any atom is 0.163 e. The zero-order valence-corrected chi connectivity index (χ0v) is 13.3. The molecule has 0 aliphatic heterocycles. The minimum atomic E-state index is 0.362. The summed E-state index contributed by atoms with van der Waals surface area (Å²) in [4.78, 5) is 12.5. The molecule has 0 bridgehead atoms. The number of aryl methyl sites for hydroxylation is 3. The second-order valence-corrected chi connectivity index (χ2v) is 5.77. The minimum Gasteiger partial charge on any atom is -0.294 e. The summed E-state index contributed by atoms with van der Waals surface area (Å²) in [7, 11) is 0. The van der Waals surface area contributed by atoms with Crippen LogP contribution in [0.25, 0.3) is 5.57 Å². The highest BCUT2D eigenvalue weighted by atomic mass is 16.1. The summed E-state index contributed by atoms with van der Waals surface area (Å²) in [6, 6.07) is 4.52. The number of hydrogen-bond acceptors (Lipinski definition) is 1. The largest absolute Gasteiger partial charge is 0.294 e. The molecule has 0 N–H and O–H groups in total. The molecule has 108 valence electrons. The number of rotatable bonds is 4. The summed E-state index contributed by atoms with van der Waals surface area (Å²) in [6.07, 6.45) is 5.84. The standard InChI is InChI=1S/C19H26O/c1-5-14-9-8-10-17(20)19(14)18-15(6-2)11-13(4)12-16(18)7-3/h11-12H,5-10H2,1-4H3. The van der Waals surface area contributed by atoms with Gasteiger partial charge in [0.25, 0.3) is 0 Å². The van der Waals surface area contributed by atoms with E-state index in [9.17, 15) is 4.79 Å². The molecule has 1 aliphatic carbocycles. The number of carbonyl (C=O) groups is 1. The second kappa shape index (κ2) is 6.39. The Morgan fingerprint density at radius 3 is 2.05 bits per heavy atom. The quantitative estimate of drug-likeness (QED) is 0.749. The van der Waals surface area contributed by atoms with Crippen LogP contribution in [0.5, 0.6) is 0 Å². The van der Waals surface area contributed by atoms with Crippen LogP contribution in [0.1, 0.15) is 68.7 Å². The lowest BCUT2D eigenvalue weighted by molar-refractivity contribution is -0.114. The van der Waals surface area contributed by atoms with Crippen LogP contribution in [-0.4, -0.2) is 5.78 Å². The fraction of sp³-hybridized carbons (Fsp3) is 0.526. The maximum atomic E-state index is 12.5. The number of Topliss-reactive ketones (excluding diaryl/α,β-unsaturated/α-hetero) is 1. The zero-order chi connectivity index (χ0) is 14.7. The normalized spacial score (nSPS) is 15.9. The van der Waals surface area contributed by atoms with Crippen molar-refractivity contribution < 1.29 is 4.79 Å². The molecule has 0 saturated carbocycles. The first-order chi connectivity index (χ1) is 9.62. The Bertz CT molecular complexity index is 524. The van der Waals surface area contributed by atoms with Gasteiger partial charge in [-0.2, -0.15) is 0 Å². The van der Waals surface area contributed by atoms with Gasteiger partial charge in [0.1, 0.15) is 0 Å². The summed E-state index contributed by atoms with van der Waals surface area (Å²) in [5.41, 5.74) is 7.70. The summed E-state index contributed by atoms with van der Waals surface area (Å²) in [6.45, 7) is 8.72. The predicted octanol–water partition coefficient (Wildman–Crippen LogP) is 5.04. The van der Waals surface area contributed by atoms with E-state index in [2.05, 4.69) is 39.8 Å². The van der Waals surface area contributed by atoms with E-state index in [1.165, 1.54) is 27.8 Å². The van der Waals surface area contributed by atoms with E-state index >= 15 is 0 Å². The molecule has 0 spiro atoms. The molecule has 0 aromatic heterocycles. The lowest BCUT2D eigenvalue weighted by atomic mass is 9.80. The van der Waals surface area contributed by atoms with Gasteiger partial charge >= 0.3 is 0 Å². The summed E-state index contributed by atoms with van der Waals surface area (Å²) in [5, 5.41) is 0. The third-order valence-electron chi connectivity index (χ3n) is 4.40. The topological polar surface area (TPSA) is 17.1 Å². The van der Waals surface area contributed by atoms with Crippen LogP contribution in [-0.2, 0) is 17.6 Å². The summed E-state index contributed by atoms with van der Waals surface area (Å²) >= 11 is 0. The van der Waals surface area contributed by atoms with Gasteiger partial charge in [0.15, 0.2) is 5.78 Å². The molecule has 1 aliphatic rings. The fourth-order valence-corrected chi connectivity index (χ4v) is 3.40. The van der Waals surface area contributed by atoms with Crippen molar-refractivity contribution in [3.05, 3.63) is 40.0 Å². The molecule has 0 fully saturated rings. The van der Waals surface area contributed by atoms with Gasteiger partial charge in [0, 0.05) is 12.0 Å². The summed E-state index contributed by atoms with van der Waals surface area (Å²) < 4.78 is 0. The van der Waals surface area contributed by atoms with Crippen molar-refractivity contribution >= 4 is 11.4 Å². The molecule has 0 unspecified atom stereocenters. The number of ketones is 1. The second-order valence-electron chi connectivity index (χ2n) is 5.77. The van der Waals surface area contributed by atoms with Crippen LogP contribution in [0.4, 0.5) is 0 Å². The van der Waals surface area contributed by atoms with E-state index in [0.29, 0.717) is 5.78 Å². The number of carbonyl (C=O) groups excluding carboxylic acids is 1. The van der Waals surface area contributed by atoms with Crippen LogP contribution in [0.2, 0.25) is 0 Å². The third-order valence-corrected chi connectivity index (χ3v) is 4.40. The molecule has 0 heterocycles.